The second-order valence-corrected chi connectivity index (χ2v) is 6.59. The molecule has 134 valence electrons. The highest BCUT2D eigenvalue weighted by Gasteiger charge is 2.32. The molecule has 1 N–H and O–H groups in total. The van der Waals surface area contributed by atoms with E-state index in [1.165, 1.54) is 4.90 Å². The molecule has 0 aliphatic carbocycles. The van der Waals surface area contributed by atoms with Crippen LogP contribution in [0.15, 0.2) is 60.7 Å². The van der Waals surface area contributed by atoms with Crippen LogP contribution < -0.4 is 5.32 Å². The van der Waals surface area contributed by atoms with E-state index < -0.39 is 0 Å². The number of hydrogen-bond donors (Lipinski definition) is 1. The van der Waals surface area contributed by atoms with Gasteiger partial charge in [-0.1, -0.05) is 42.0 Å². The zero-order valence-corrected chi connectivity index (χ0v) is 14.9. The Morgan fingerprint density at radius 2 is 1.48 bits per heavy atom. The fraction of sp³-hybridized carbons (Fsp3) is 0.136. The molecule has 0 spiro atoms. The molecule has 0 saturated heterocycles. The topological polar surface area (TPSA) is 66.5 Å². The van der Waals surface area contributed by atoms with Crippen LogP contribution in [0.3, 0.4) is 0 Å². The highest BCUT2D eigenvalue weighted by atomic mass is 16.2. The van der Waals surface area contributed by atoms with Crippen LogP contribution >= 0.6 is 0 Å². The van der Waals surface area contributed by atoms with Crippen molar-refractivity contribution in [2.75, 3.05) is 13.1 Å². The Kier molecular flexibility index (Phi) is 4.20. The van der Waals surface area contributed by atoms with E-state index >= 15 is 0 Å². The number of aryl methyl sites for hydroxylation is 1. The van der Waals surface area contributed by atoms with Gasteiger partial charge < -0.3 is 5.32 Å². The molecule has 3 aromatic rings. The summed E-state index contributed by atoms with van der Waals surface area (Å²) in [5.74, 6) is -0.878. The highest BCUT2D eigenvalue weighted by molar-refractivity contribution is 6.25. The van der Waals surface area contributed by atoms with E-state index in [9.17, 15) is 14.4 Å². The van der Waals surface area contributed by atoms with E-state index in [1.54, 1.807) is 24.3 Å². The third-order valence-electron chi connectivity index (χ3n) is 4.79. The molecule has 0 fully saturated rings. The van der Waals surface area contributed by atoms with Crippen molar-refractivity contribution >= 4 is 28.5 Å². The molecule has 27 heavy (non-hydrogen) atoms. The number of rotatable bonds is 4. The van der Waals surface area contributed by atoms with Gasteiger partial charge in [0.2, 0.25) is 0 Å². The Morgan fingerprint density at radius 3 is 2.07 bits per heavy atom. The molecule has 4 rings (SSSR count). The summed E-state index contributed by atoms with van der Waals surface area (Å²) in [6, 6.07) is 18.1. The smallest absolute Gasteiger partial charge is 0.261 e. The van der Waals surface area contributed by atoms with Crippen molar-refractivity contribution < 1.29 is 14.4 Å². The summed E-state index contributed by atoms with van der Waals surface area (Å²) < 4.78 is 0. The summed E-state index contributed by atoms with van der Waals surface area (Å²) in [4.78, 5) is 39.0. The molecule has 0 bridgehead atoms. The summed E-state index contributed by atoms with van der Waals surface area (Å²) in [7, 11) is 0. The molecule has 0 radical (unpaired) electrons. The van der Waals surface area contributed by atoms with Gasteiger partial charge in [-0.3, -0.25) is 19.3 Å². The average Bonchev–Trinajstić information content (AvgIpc) is 2.69. The van der Waals surface area contributed by atoms with Crippen molar-refractivity contribution in [2.24, 2.45) is 0 Å². The van der Waals surface area contributed by atoms with Crippen molar-refractivity contribution in [3.05, 3.63) is 82.9 Å². The van der Waals surface area contributed by atoms with E-state index in [-0.39, 0.29) is 30.8 Å². The summed E-state index contributed by atoms with van der Waals surface area (Å²) in [5, 5.41) is 4.35. The number of imide groups is 1. The summed E-state index contributed by atoms with van der Waals surface area (Å²) in [5.41, 5.74) is 2.66. The number of carbonyl (C=O) groups excluding carboxylic acids is 3. The molecule has 0 aromatic heterocycles. The molecule has 1 aliphatic rings. The second kappa shape index (κ2) is 6.68. The van der Waals surface area contributed by atoms with Crippen molar-refractivity contribution in [3.63, 3.8) is 0 Å². The standard InChI is InChI=1S/C22H18N2O3/c1-14-8-10-16(11-9-14)20(25)23-12-13-24-21(26)17-6-2-4-15-5-3-7-18(19(15)17)22(24)27/h2-11H,12-13H2,1H3,(H,23,25). The van der Waals surface area contributed by atoms with Gasteiger partial charge in [0.25, 0.3) is 17.7 Å². The number of amides is 3. The normalized spacial score (nSPS) is 13.1. The predicted molar refractivity (Wildman–Crippen MR) is 103 cm³/mol. The monoisotopic (exact) mass is 358 g/mol. The van der Waals surface area contributed by atoms with Crippen LogP contribution in [0.1, 0.15) is 36.6 Å². The van der Waals surface area contributed by atoms with E-state index in [0.717, 1.165) is 10.9 Å². The number of nitrogens with one attached hydrogen (secondary N) is 1. The summed E-state index contributed by atoms with van der Waals surface area (Å²) in [6.45, 7) is 2.27. The maximum absolute atomic E-state index is 12.8. The van der Waals surface area contributed by atoms with Gasteiger partial charge in [0.05, 0.1) is 0 Å². The maximum atomic E-state index is 12.8. The first-order valence-electron chi connectivity index (χ1n) is 8.79. The minimum Gasteiger partial charge on any atom is -0.350 e. The molecule has 1 heterocycles. The zero-order chi connectivity index (χ0) is 19.0. The van der Waals surface area contributed by atoms with Crippen molar-refractivity contribution in [1.82, 2.24) is 10.2 Å². The lowest BCUT2D eigenvalue weighted by Gasteiger charge is -2.27. The minimum absolute atomic E-state index is 0.125. The first-order chi connectivity index (χ1) is 13.1. The number of nitrogens with zero attached hydrogens (tertiary/aromatic N) is 1. The summed E-state index contributed by atoms with van der Waals surface area (Å²) in [6.07, 6.45) is 0. The van der Waals surface area contributed by atoms with Crippen LogP contribution in [-0.2, 0) is 0 Å². The lowest BCUT2D eigenvalue weighted by Crippen LogP contribution is -2.44. The maximum Gasteiger partial charge on any atom is 0.261 e. The Balaban J connectivity index is 1.50. The fourth-order valence-corrected chi connectivity index (χ4v) is 3.37. The SMILES string of the molecule is Cc1ccc(C(=O)NCCN2C(=O)c3cccc4cccc(c34)C2=O)cc1. The summed E-state index contributed by atoms with van der Waals surface area (Å²) >= 11 is 0. The number of benzene rings is 3. The van der Waals surface area contributed by atoms with Crippen molar-refractivity contribution in [3.8, 4) is 0 Å². The van der Waals surface area contributed by atoms with Crippen LogP contribution in [0.5, 0.6) is 0 Å². The molecular weight excluding hydrogens is 340 g/mol. The molecule has 0 saturated carbocycles. The predicted octanol–water partition coefficient (Wildman–Crippen LogP) is 3.17. The quantitative estimate of drug-likeness (QED) is 0.729. The van der Waals surface area contributed by atoms with Gasteiger partial charge in [0.15, 0.2) is 0 Å². The van der Waals surface area contributed by atoms with Crippen LogP contribution in [0.25, 0.3) is 10.8 Å². The van der Waals surface area contributed by atoms with Crippen molar-refractivity contribution in [1.29, 1.82) is 0 Å². The third kappa shape index (κ3) is 2.97. The number of carbonyl (C=O) groups is 3. The molecule has 1 aliphatic heterocycles. The number of hydrogen-bond acceptors (Lipinski definition) is 3. The van der Waals surface area contributed by atoms with E-state index in [4.69, 9.17) is 0 Å². The van der Waals surface area contributed by atoms with Gasteiger partial charge >= 0.3 is 0 Å². The van der Waals surface area contributed by atoms with E-state index in [1.807, 2.05) is 43.3 Å². The van der Waals surface area contributed by atoms with E-state index in [2.05, 4.69) is 5.32 Å². The first kappa shape index (κ1) is 17.0. The van der Waals surface area contributed by atoms with E-state index in [0.29, 0.717) is 22.1 Å². The highest BCUT2D eigenvalue weighted by Crippen LogP contribution is 2.29. The molecule has 5 heteroatoms. The second-order valence-electron chi connectivity index (χ2n) is 6.59. The molecule has 0 unspecified atom stereocenters. The van der Waals surface area contributed by atoms with Crippen LogP contribution in [0.4, 0.5) is 0 Å². The molecule has 0 atom stereocenters. The fourth-order valence-electron chi connectivity index (χ4n) is 3.37. The third-order valence-corrected chi connectivity index (χ3v) is 4.79. The molecule has 5 nitrogen and oxygen atoms in total. The average molecular weight is 358 g/mol. The van der Waals surface area contributed by atoms with Gasteiger partial charge in [0.1, 0.15) is 0 Å². The molecule has 3 aromatic carbocycles. The van der Waals surface area contributed by atoms with Gasteiger partial charge in [0, 0.05) is 35.2 Å². The zero-order valence-electron chi connectivity index (χ0n) is 14.9. The minimum atomic E-state index is -0.325. The lowest BCUT2D eigenvalue weighted by atomic mass is 9.94. The Hall–Kier alpha value is -3.47. The van der Waals surface area contributed by atoms with Gasteiger partial charge in [-0.15, -0.1) is 0 Å². The van der Waals surface area contributed by atoms with Crippen LogP contribution in [-0.4, -0.2) is 35.7 Å². The van der Waals surface area contributed by atoms with Gasteiger partial charge in [-0.2, -0.15) is 0 Å². The Bertz CT molecular complexity index is 1020. The van der Waals surface area contributed by atoms with Gasteiger partial charge in [-0.05, 0) is 36.6 Å². The molecule has 3 amide bonds. The Labute approximate surface area is 156 Å². The van der Waals surface area contributed by atoms with Crippen molar-refractivity contribution in [2.45, 2.75) is 6.92 Å². The first-order valence-corrected chi connectivity index (χ1v) is 8.79. The molecular formula is C22H18N2O3. The largest absolute Gasteiger partial charge is 0.350 e. The van der Waals surface area contributed by atoms with Crippen LogP contribution in [0.2, 0.25) is 0 Å². The van der Waals surface area contributed by atoms with Crippen LogP contribution in [0, 0.1) is 6.92 Å². The van der Waals surface area contributed by atoms with Gasteiger partial charge in [-0.25, -0.2) is 0 Å². The lowest BCUT2D eigenvalue weighted by molar-refractivity contribution is 0.0607. The Morgan fingerprint density at radius 1 is 0.889 bits per heavy atom.